The van der Waals surface area contributed by atoms with Gasteiger partial charge in [-0.3, -0.25) is 4.57 Å². The van der Waals surface area contributed by atoms with Gasteiger partial charge >= 0.3 is 0 Å². The van der Waals surface area contributed by atoms with Gasteiger partial charge in [0.05, 0.1) is 18.7 Å². The van der Waals surface area contributed by atoms with E-state index in [1.165, 1.54) is 5.56 Å². The van der Waals surface area contributed by atoms with Gasteiger partial charge in [-0.2, -0.15) is 5.26 Å². The molecule has 176 valence electrons. The van der Waals surface area contributed by atoms with Crippen molar-refractivity contribution >= 4 is 11.6 Å². The zero-order valence-corrected chi connectivity index (χ0v) is 19.9. The molecule has 2 heterocycles. The molecular weight excluding hydrogens is 438 g/mol. The summed E-state index contributed by atoms with van der Waals surface area (Å²) in [6.45, 7) is 2.45. The summed E-state index contributed by atoms with van der Waals surface area (Å²) in [5.41, 5.74) is 5.55. The Kier molecular flexibility index (Phi) is 6.40. The van der Waals surface area contributed by atoms with Gasteiger partial charge in [0.25, 0.3) is 0 Å². The Morgan fingerprint density at radius 3 is 2.49 bits per heavy atom. The van der Waals surface area contributed by atoms with E-state index in [0.717, 1.165) is 53.2 Å². The number of hydrogen-bond donors (Lipinski definition) is 0. The van der Waals surface area contributed by atoms with E-state index in [4.69, 9.17) is 14.3 Å². The first-order chi connectivity index (χ1) is 17.2. The lowest BCUT2D eigenvalue weighted by Gasteiger charge is -2.33. The van der Waals surface area contributed by atoms with E-state index in [1.54, 1.807) is 7.11 Å². The molecule has 0 N–H and O–H groups in total. The number of nitriles is 1. The quantitative estimate of drug-likeness (QED) is 0.399. The summed E-state index contributed by atoms with van der Waals surface area (Å²) in [7, 11) is 1.64. The Bertz CT molecular complexity index is 1330. The van der Waals surface area contributed by atoms with E-state index in [9.17, 15) is 5.26 Å². The molecule has 1 unspecified atom stereocenters. The molecule has 0 bridgehead atoms. The van der Waals surface area contributed by atoms with Crippen LogP contribution in [0, 0.1) is 18.3 Å². The fourth-order valence-electron chi connectivity index (χ4n) is 4.59. The summed E-state index contributed by atoms with van der Waals surface area (Å²) in [4.78, 5) is 5.81. The number of nitrogens with zero attached hydrogens (tertiary/aromatic N) is 3. The highest BCUT2D eigenvalue weighted by molar-refractivity contribution is 6.04. The van der Waals surface area contributed by atoms with E-state index in [2.05, 4.69) is 30.3 Å². The molecule has 0 radical (unpaired) electrons. The standard InChI is InChI=1S/C29H27N3O3/c1-20-8-10-21(11-9-20)19-34-31-25-6-5-7-26-28(25)27(22-12-14-23(33-2)15-13-22)24(18-30)29(35-26)32-16-3-4-17-32/h3-4,8-17,27H,5-7,19H2,1-2H3. The maximum atomic E-state index is 10.3. The molecule has 0 saturated carbocycles. The SMILES string of the molecule is COc1ccc(C2C(C#N)=C(n3cccc3)OC3=C2C(=NOCc2ccc(C)cc2)CCC3)cc1. The number of aryl methyl sites for hydroxylation is 1. The molecule has 6 heteroatoms. The minimum absolute atomic E-state index is 0.311. The molecular formula is C29H27N3O3. The largest absolute Gasteiger partial charge is 0.497 e. The minimum Gasteiger partial charge on any atom is -0.497 e. The summed E-state index contributed by atoms with van der Waals surface area (Å²) < 4.78 is 13.6. The molecule has 0 spiro atoms. The lowest BCUT2D eigenvalue weighted by Crippen LogP contribution is -2.26. The van der Waals surface area contributed by atoms with Gasteiger partial charge in [-0.15, -0.1) is 0 Å². The second-order valence-corrected chi connectivity index (χ2v) is 8.72. The van der Waals surface area contributed by atoms with Crippen molar-refractivity contribution in [3.63, 3.8) is 0 Å². The predicted octanol–water partition coefficient (Wildman–Crippen LogP) is 6.32. The van der Waals surface area contributed by atoms with Gasteiger partial charge in [0.15, 0.2) is 0 Å². The summed E-state index contributed by atoms with van der Waals surface area (Å²) in [5.74, 6) is 1.84. The number of benzene rings is 2. The van der Waals surface area contributed by atoms with Crippen molar-refractivity contribution in [2.75, 3.05) is 7.11 Å². The zero-order valence-electron chi connectivity index (χ0n) is 19.9. The van der Waals surface area contributed by atoms with Crippen LogP contribution < -0.4 is 4.74 Å². The molecule has 1 aliphatic carbocycles. The van der Waals surface area contributed by atoms with Crippen molar-refractivity contribution in [1.82, 2.24) is 4.57 Å². The van der Waals surface area contributed by atoms with Crippen LogP contribution >= 0.6 is 0 Å². The molecule has 3 aromatic rings. The van der Waals surface area contributed by atoms with Crippen molar-refractivity contribution in [2.45, 2.75) is 38.7 Å². The molecule has 1 aliphatic heterocycles. The number of methoxy groups -OCH3 is 1. The molecule has 0 saturated heterocycles. The van der Waals surface area contributed by atoms with Crippen LogP contribution in [0.4, 0.5) is 0 Å². The second-order valence-electron chi connectivity index (χ2n) is 8.72. The van der Waals surface area contributed by atoms with Crippen LogP contribution in [0.2, 0.25) is 0 Å². The summed E-state index contributed by atoms with van der Waals surface area (Å²) in [6, 6.07) is 22.3. The minimum atomic E-state index is -0.311. The first-order valence-electron chi connectivity index (χ1n) is 11.7. The van der Waals surface area contributed by atoms with Crippen LogP contribution in [-0.2, 0) is 16.2 Å². The Balaban J connectivity index is 1.55. The molecule has 2 aromatic carbocycles. The molecule has 5 rings (SSSR count). The lowest BCUT2D eigenvalue weighted by atomic mass is 9.77. The molecule has 6 nitrogen and oxygen atoms in total. The molecule has 1 atom stereocenters. The van der Waals surface area contributed by atoms with Gasteiger partial charge < -0.3 is 14.3 Å². The van der Waals surface area contributed by atoms with Gasteiger partial charge in [0.2, 0.25) is 5.88 Å². The first kappa shape index (κ1) is 22.5. The van der Waals surface area contributed by atoms with E-state index in [0.29, 0.717) is 18.1 Å². The highest BCUT2D eigenvalue weighted by Gasteiger charge is 2.38. The lowest BCUT2D eigenvalue weighted by molar-refractivity contribution is 0.129. The summed E-state index contributed by atoms with van der Waals surface area (Å²) in [6.07, 6.45) is 6.24. The molecule has 35 heavy (non-hydrogen) atoms. The predicted molar refractivity (Wildman–Crippen MR) is 134 cm³/mol. The van der Waals surface area contributed by atoms with Crippen molar-refractivity contribution in [1.29, 1.82) is 5.26 Å². The molecule has 0 amide bonds. The highest BCUT2D eigenvalue weighted by atomic mass is 16.6. The number of aromatic nitrogens is 1. The number of ether oxygens (including phenoxy) is 2. The monoisotopic (exact) mass is 465 g/mol. The van der Waals surface area contributed by atoms with Crippen molar-refractivity contribution in [2.24, 2.45) is 5.16 Å². The smallest absolute Gasteiger partial charge is 0.218 e. The summed E-state index contributed by atoms with van der Waals surface area (Å²) >= 11 is 0. The maximum absolute atomic E-state index is 10.3. The average molecular weight is 466 g/mol. The third-order valence-corrected chi connectivity index (χ3v) is 6.39. The van der Waals surface area contributed by atoms with Gasteiger partial charge in [0.1, 0.15) is 29.8 Å². The van der Waals surface area contributed by atoms with Crippen molar-refractivity contribution in [3.05, 3.63) is 107 Å². The normalized spacial score (nSPS) is 18.7. The Hall–Kier alpha value is -4.24. The van der Waals surface area contributed by atoms with Crippen molar-refractivity contribution < 1.29 is 14.3 Å². The number of oxime groups is 1. The van der Waals surface area contributed by atoms with Gasteiger partial charge in [-0.05, 0) is 55.2 Å². The van der Waals surface area contributed by atoms with Crippen LogP contribution in [0.25, 0.3) is 5.88 Å². The fraction of sp³-hybridized carbons (Fsp3) is 0.241. The van der Waals surface area contributed by atoms with Gasteiger partial charge in [-0.25, -0.2) is 0 Å². The third kappa shape index (κ3) is 4.58. The molecule has 0 fully saturated rings. The second kappa shape index (κ2) is 9.94. The molecule has 1 aromatic heterocycles. The zero-order chi connectivity index (χ0) is 24.2. The Morgan fingerprint density at radius 1 is 1.06 bits per heavy atom. The number of hydrogen-bond acceptors (Lipinski definition) is 5. The van der Waals surface area contributed by atoms with Crippen LogP contribution in [0.15, 0.2) is 95.1 Å². The average Bonchev–Trinajstić information content (AvgIpc) is 3.44. The van der Waals surface area contributed by atoms with Crippen molar-refractivity contribution in [3.8, 4) is 11.8 Å². The van der Waals surface area contributed by atoms with Gasteiger partial charge in [0, 0.05) is 24.4 Å². The topological polar surface area (TPSA) is 68.8 Å². The van der Waals surface area contributed by atoms with Gasteiger partial charge in [-0.1, -0.05) is 47.1 Å². The van der Waals surface area contributed by atoms with E-state index >= 15 is 0 Å². The van der Waals surface area contributed by atoms with E-state index in [-0.39, 0.29) is 5.92 Å². The Labute approximate surface area is 205 Å². The van der Waals surface area contributed by atoms with Crippen LogP contribution in [0.3, 0.4) is 0 Å². The first-order valence-corrected chi connectivity index (χ1v) is 11.7. The van der Waals surface area contributed by atoms with E-state index in [1.807, 2.05) is 65.5 Å². The van der Waals surface area contributed by atoms with E-state index < -0.39 is 0 Å². The van der Waals surface area contributed by atoms with Crippen LogP contribution in [0.5, 0.6) is 5.75 Å². The number of allylic oxidation sites excluding steroid dienone is 3. The highest BCUT2D eigenvalue weighted by Crippen LogP contribution is 2.46. The summed E-state index contributed by atoms with van der Waals surface area (Å²) in [5, 5.41) is 14.9. The maximum Gasteiger partial charge on any atom is 0.218 e. The van der Waals surface area contributed by atoms with Crippen LogP contribution in [-0.4, -0.2) is 17.4 Å². The Morgan fingerprint density at radius 2 is 1.80 bits per heavy atom. The number of rotatable bonds is 6. The molecule has 2 aliphatic rings. The fourth-order valence-corrected chi connectivity index (χ4v) is 4.59. The van der Waals surface area contributed by atoms with Crippen LogP contribution in [0.1, 0.15) is 41.9 Å². The third-order valence-electron chi connectivity index (χ3n) is 6.39.